The van der Waals surface area contributed by atoms with Crippen LogP contribution in [-0.4, -0.2) is 32.0 Å². The van der Waals surface area contributed by atoms with E-state index in [1.807, 2.05) is 19.1 Å². The molecule has 1 N–H and O–H groups in total. The Bertz CT molecular complexity index is 761. The highest BCUT2D eigenvalue weighted by atomic mass is 32.2. The Morgan fingerprint density at radius 2 is 1.86 bits per heavy atom. The van der Waals surface area contributed by atoms with Gasteiger partial charge in [0, 0.05) is 12.1 Å². The summed E-state index contributed by atoms with van der Waals surface area (Å²) in [7, 11) is 0. The number of aromatic nitrogens is 3. The van der Waals surface area contributed by atoms with Gasteiger partial charge in [0.25, 0.3) is 0 Å². The molecule has 0 aromatic carbocycles. The second-order valence-electron chi connectivity index (χ2n) is 8.05. The van der Waals surface area contributed by atoms with Gasteiger partial charge in [-0.25, -0.2) is 0 Å². The van der Waals surface area contributed by atoms with E-state index in [1.165, 1.54) is 50.3 Å². The smallest absolute Gasteiger partial charge is 0.233 e. The van der Waals surface area contributed by atoms with E-state index in [2.05, 4.69) is 20.1 Å². The zero-order valence-electron chi connectivity index (χ0n) is 16.6. The van der Waals surface area contributed by atoms with Crippen molar-refractivity contribution < 1.29 is 9.21 Å². The fourth-order valence-corrected chi connectivity index (χ4v) is 5.31. The topological polar surface area (TPSA) is 73.0 Å². The summed E-state index contributed by atoms with van der Waals surface area (Å²) in [4.78, 5) is 12.7. The Morgan fingerprint density at radius 3 is 2.54 bits per heavy atom. The predicted octanol–water partition coefficient (Wildman–Crippen LogP) is 4.97. The summed E-state index contributed by atoms with van der Waals surface area (Å²) in [6.45, 7) is 1.97. The van der Waals surface area contributed by atoms with Crippen molar-refractivity contribution in [1.82, 2.24) is 20.1 Å². The summed E-state index contributed by atoms with van der Waals surface area (Å²) in [5.41, 5.74) is 0. The van der Waals surface area contributed by atoms with E-state index in [-0.39, 0.29) is 11.2 Å². The van der Waals surface area contributed by atoms with E-state index in [9.17, 15) is 4.79 Å². The summed E-state index contributed by atoms with van der Waals surface area (Å²) in [6.07, 6.45) is 13.6. The van der Waals surface area contributed by atoms with Crippen molar-refractivity contribution >= 4 is 17.7 Å². The highest BCUT2D eigenvalue weighted by Crippen LogP contribution is 2.36. The summed E-state index contributed by atoms with van der Waals surface area (Å²) < 4.78 is 7.82. The van der Waals surface area contributed by atoms with E-state index < -0.39 is 0 Å². The van der Waals surface area contributed by atoms with Gasteiger partial charge in [-0.2, -0.15) is 0 Å². The molecule has 1 amide bonds. The molecule has 2 aliphatic carbocycles. The maximum atomic E-state index is 12.7. The highest BCUT2D eigenvalue weighted by Gasteiger charge is 2.28. The molecule has 0 spiro atoms. The fourth-order valence-electron chi connectivity index (χ4n) is 4.38. The first-order valence-corrected chi connectivity index (χ1v) is 11.6. The number of hydrogen-bond acceptors (Lipinski definition) is 5. The minimum Gasteiger partial charge on any atom is -0.461 e. The molecule has 2 saturated carbocycles. The molecule has 0 saturated heterocycles. The van der Waals surface area contributed by atoms with Crippen LogP contribution in [0.2, 0.25) is 0 Å². The van der Waals surface area contributed by atoms with Crippen molar-refractivity contribution in [2.24, 2.45) is 0 Å². The zero-order chi connectivity index (χ0) is 19.3. The van der Waals surface area contributed by atoms with Crippen molar-refractivity contribution in [3.63, 3.8) is 0 Å². The molecule has 6 nitrogen and oxygen atoms in total. The lowest BCUT2D eigenvalue weighted by molar-refractivity contribution is -0.121. The molecule has 152 valence electrons. The van der Waals surface area contributed by atoms with Gasteiger partial charge in [-0.05, 0) is 44.7 Å². The molecule has 0 bridgehead atoms. The van der Waals surface area contributed by atoms with Gasteiger partial charge >= 0.3 is 0 Å². The minimum atomic E-state index is -0.196. The second kappa shape index (κ2) is 9.16. The van der Waals surface area contributed by atoms with Gasteiger partial charge in [-0.3, -0.25) is 9.36 Å². The average molecular weight is 403 g/mol. The van der Waals surface area contributed by atoms with Crippen LogP contribution in [0.1, 0.15) is 77.2 Å². The van der Waals surface area contributed by atoms with Crippen LogP contribution in [0.4, 0.5) is 0 Å². The largest absolute Gasteiger partial charge is 0.461 e. The molecule has 2 aromatic rings. The molecule has 0 aliphatic heterocycles. The SMILES string of the molecule is CC(Sc1nnc(-c2ccco2)n1C1CCCCC1)C(=O)NC1CCCCC1. The standard InChI is InChI=1S/C21H30N4O2S/c1-15(20(26)22-16-9-4-2-5-10-16)28-21-24-23-19(18-13-8-14-27-18)25(21)17-11-6-3-7-12-17/h8,13-17H,2-7,9-12H2,1H3,(H,22,26). The number of amides is 1. The monoisotopic (exact) mass is 402 g/mol. The summed E-state index contributed by atoms with van der Waals surface area (Å²) in [6, 6.07) is 4.51. The van der Waals surface area contributed by atoms with E-state index in [1.54, 1.807) is 6.26 Å². The molecule has 2 aromatic heterocycles. The molecule has 1 atom stereocenters. The van der Waals surface area contributed by atoms with Crippen LogP contribution >= 0.6 is 11.8 Å². The first kappa shape index (κ1) is 19.6. The van der Waals surface area contributed by atoms with Crippen LogP contribution in [0.3, 0.4) is 0 Å². The molecule has 2 aliphatic rings. The molecule has 2 heterocycles. The van der Waals surface area contributed by atoms with E-state index in [0.717, 1.165) is 42.4 Å². The Labute approximate surface area is 170 Å². The minimum absolute atomic E-state index is 0.106. The normalized spacial score (nSPS) is 20.2. The van der Waals surface area contributed by atoms with Crippen LogP contribution in [-0.2, 0) is 4.79 Å². The van der Waals surface area contributed by atoms with Crippen molar-refractivity contribution in [2.75, 3.05) is 0 Å². The van der Waals surface area contributed by atoms with Crippen LogP contribution < -0.4 is 5.32 Å². The summed E-state index contributed by atoms with van der Waals surface area (Å²) >= 11 is 1.51. The molecular formula is C21H30N4O2S. The Balaban J connectivity index is 1.50. The molecular weight excluding hydrogens is 372 g/mol. The van der Waals surface area contributed by atoms with Gasteiger partial charge in [0.15, 0.2) is 10.9 Å². The third-order valence-electron chi connectivity index (χ3n) is 5.95. The van der Waals surface area contributed by atoms with Gasteiger partial charge in [0.2, 0.25) is 11.7 Å². The lowest BCUT2D eigenvalue weighted by Crippen LogP contribution is -2.40. The van der Waals surface area contributed by atoms with E-state index in [0.29, 0.717) is 12.1 Å². The fraction of sp³-hybridized carbons (Fsp3) is 0.667. The van der Waals surface area contributed by atoms with Gasteiger partial charge < -0.3 is 9.73 Å². The summed E-state index contributed by atoms with van der Waals surface area (Å²) in [5.74, 6) is 1.62. The molecule has 7 heteroatoms. The van der Waals surface area contributed by atoms with Gasteiger partial charge in [0.05, 0.1) is 11.5 Å². The first-order chi connectivity index (χ1) is 13.7. The first-order valence-electron chi connectivity index (χ1n) is 10.7. The molecule has 2 fully saturated rings. The number of hydrogen-bond donors (Lipinski definition) is 1. The molecule has 28 heavy (non-hydrogen) atoms. The maximum Gasteiger partial charge on any atom is 0.233 e. The van der Waals surface area contributed by atoms with Crippen molar-refractivity contribution in [2.45, 2.75) is 93.6 Å². The summed E-state index contributed by atoms with van der Waals surface area (Å²) in [5, 5.41) is 12.7. The number of nitrogens with one attached hydrogen (secondary N) is 1. The number of nitrogens with zero attached hydrogens (tertiary/aromatic N) is 3. The van der Waals surface area contributed by atoms with Gasteiger partial charge in [0.1, 0.15) is 0 Å². The average Bonchev–Trinajstić information content (AvgIpc) is 3.39. The van der Waals surface area contributed by atoms with Crippen LogP contribution in [0, 0.1) is 0 Å². The predicted molar refractivity (Wildman–Crippen MR) is 110 cm³/mol. The highest BCUT2D eigenvalue weighted by molar-refractivity contribution is 8.00. The van der Waals surface area contributed by atoms with Crippen molar-refractivity contribution in [3.8, 4) is 11.6 Å². The van der Waals surface area contributed by atoms with Gasteiger partial charge in [-0.15, -0.1) is 10.2 Å². The lowest BCUT2D eigenvalue weighted by atomic mass is 9.95. The van der Waals surface area contributed by atoms with E-state index in [4.69, 9.17) is 4.42 Å². The van der Waals surface area contributed by atoms with Gasteiger partial charge in [-0.1, -0.05) is 50.3 Å². The lowest BCUT2D eigenvalue weighted by Gasteiger charge is -2.26. The Hall–Kier alpha value is -1.76. The Morgan fingerprint density at radius 1 is 1.14 bits per heavy atom. The van der Waals surface area contributed by atoms with Crippen LogP contribution in [0.15, 0.2) is 28.0 Å². The number of carbonyl (C=O) groups is 1. The Kier molecular flexibility index (Phi) is 6.40. The number of thioether (sulfide) groups is 1. The molecule has 4 rings (SSSR count). The van der Waals surface area contributed by atoms with Crippen molar-refractivity contribution in [3.05, 3.63) is 18.4 Å². The number of carbonyl (C=O) groups excluding carboxylic acids is 1. The third kappa shape index (κ3) is 4.45. The molecule has 0 radical (unpaired) electrons. The zero-order valence-corrected chi connectivity index (χ0v) is 17.4. The third-order valence-corrected chi connectivity index (χ3v) is 7.01. The second-order valence-corrected chi connectivity index (χ2v) is 9.36. The van der Waals surface area contributed by atoms with Crippen LogP contribution in [0.25, 0.3) is 11.6 Å². The number of rotatable bonds is 6. The maximum absolute atomic E-state index is 12.7. The molecule has 1 unspecified atom stereocenters. The number of furan rings is 1. The van der Waals surface area contributed by atoms with Crippen molar-refractivity contribution in [1.29, 1.82) is 0 Å². The quantitative estimate of drug-likeness (QED) is 0.690. The van der Waals surface area contributed by atoms with Crippen LogP contribution in [0.5, 0.6) is 0 Å². The van der Waals surface area contributed by atoms with E-state index >= 15 is 0 Å².